The highest BCUT2D eigenvalue weighted by atomic mass is 16.2. The van der Waals surface area contributed by atoms with Crippen LogP contribution in [0.5, 0.6) is 0 Å². The molecule has 3 N–H and O–H groups in total. The summed E-state index contributed by atoms with van der Waals surface area (Å²) in [5.41, 5.74) is 2.55. The van der Waals surface area contributed by atoms with E-state index >= 15 is 0 Å². The van der Waals surface area contributed by atoms with Gasteiger partial charge in [0, 0.05) is 17.7 Å². The van der Waals surface area contributed by atoms with Crippen LogP contribution in [0.2, 0.25) is 0 Å². The molecule has 214 valence electrons. The van der Waals surface area contributed by atoms with Crippen molar-refractivity contribution >= 4 is 46.4 Å². The molecule has 1 fully saturated rings. The molecule has 4 atom stereocenters. The van der Waals surface area contributed by atoms with Crippen LogP contribution in [0, 0.1) is 29.1 Å². The molecule has 10 nitrogen and oxygen atoms in total. The zero-order valence-electron chi connectivity index (χ0n) is 23.5. The van der Waals surface area contributed by atoms with E-state index in [2.05, 4.69) is 20.9 Å². The maximum Gasteiger partial charge on any atom is 0.244 e. The minimum Gasteiger partial charge on any atom is -0.346 e. The van der Waals surface area contributed by atoms with E-state index in [0.29, 0.717) is 16.7 Å². The van der Waals surface area contributed by atoms with E-state index in [9.17, 15) is 24.0 Å². The van der Waals surface area contributed by atoms with Gasteiger partial charge in [-0.1, -0.05) is 51.1 Å². The number of carbonyl (C=O) groups excluding carboxylic acids is 5. The van der Waals surface area contributed by atoms with Crippen molar-refractivity contribution in [1.82, 2.24) is 20.9 Å². The van der Waals surface area contributed by atoms with Gasteiger partial charge in [-0.05, 0) is 47.4 Å². The van der Waals surface area contributed by atoms with Crippen molar-refractivity contribution in [3.63, 3.8) is 0 Å². The van der Waals surface area contributed by atoms with Crippen LogP contribution in [-0.4, -0.2) is 40.4 Å². The van der Waals surface area contributed by atoms with Gasteiger partial charge in [-0.15, -0.1) is 0 Å². The van der Waals surface area contributed by atoms with Crippen LogP contribution >= 0.6 is 0 Å². The van der Waals surface area contributed by atoms with Crippen molar-refractivity contribution in [3.05, 3.63) is 83.6 Å². The Kier molecular flexibility index (Phi) is 9.22. The SMILES string of the molecule is CC(C)[C@H](NC(=O)C[C@H](NC(=O)/C=C/c1ccc(C#N)cc1)c1cnc2ccccc2c1)C(=O)[C@@H]1C(=O)NC(=O)[C@H]1C. The lowest BCUT2D eigenvalue weighted by Gasteiger charge is -2.26. The molecule has 1 aromatic heterocycles. The number of fused-ring (bicyclic) bond motifs is 1. The number of para-hydroxylation sites is 1. The van der Waals surface area contributed by atoms with Gasteiger partial charge in [0.15, 0.2) is 5.78 Å². The Balaban J connectivity index is 1.54. The average Bonchev–Trinajstić information content (AvgIpc) is 3.24. The zero-order chi connectivity index (χ0) is 30.4. The topological polar surface area (TPSA) is 158 Å². The molecule has 0 unspecified atom stereocenters. The number of imide groups is 1. The Hall–Kier alpha value is -5.17. The molecule has 1 saturated heterocycles. The lowest BCUT2D eigenvalue weighted by atomic mass is 9.85. The Morgan fingerprint density at radius 2 is 1.76 bits per heavy atom. The minimum atomic E-state index is -1.18. The predicted molar refractivity (Wildman–Crippen MR) is 155 cm³/mol. The molecular formula is C32H31N5O5. The third-order valence-corrected chi connectivity index (χ3v) is 7.23. The predicted octanol–water partition coefficient (Wildman–Crippen LogP) is 2.99. The van der Waals surface area contributed by atoms with Crippen LogP contribution in [0.1, 0.15) is 49.9 Å². The van der Waals surface area contributed by atoms with Gasteiger partial charge < -0.3 is 10.6 Å². The smallest absolute Gasteiger partial charge is 0.244 e. The lowest BCUT2D eigenvalue weighted by molar-refractivity contribution is -0.137. The van der Waals surface area contributed by atoms with E-state index in [1.807, 2.05) is 36.4 Å². The number of rotatable bonds is 10. The summed E-state index contributed by atoms with van der Waals surface area (Å²) in [7, 11) is 0. The van der Waals surface area contributed by atoms with Crippen LogP contribution in [0.15, 0.2) is 66.9 Å². The fourth-order valence-electron chi connectivity index (χ4n) is 4.84. The lowest BCUT2D eigenvalue weighted by Crippen LogP contribution is -2.49. The van der Waals surface area contributed by atoms with Crippen molar-refractivity contribution < 1.29 is 24.0 Å². The largest absolute Gasteiger partial charge is 0.346 e. The molecule has 0 radical (unpaired) electrons. The highest BCUT2D eigenvalue weighted by Crippen LogP contribution is 2.25. The second kappa shape index (κ2) is 13.0. The first kappa shape index (κ1) is 29.8. The molecular weight excluding hydrogens is 534 g/mol. The maximum absolute atomic E-state index is 13.3. The van der Waals surface area contributed by atoms with Crippen LogP contribution in [0.25, 0.3) is 17.0 Å². The number of aromatic nitrogens is 1. The summed E-state index contributed by atoms with van der Waals surface area (Å²) in [5, 5.41) is 17.6. The molecule has 4 rings (SSSR count). The van der Waals surface area contributed by atoms with Crippen molar-refractivity contribution in [2.24, 2.45) is 17.8 Å². The summed E-state index contributed by atoms with van der Waals surface area (Å²) in [6.07, 6.45) is 4.30. The fraction of sp³-hybridized carbons (Fsp3) is 0.281. The van der Waals surface area contributed by atoms with E-state index < -0.39 is 53.3 Å². The molecule has 3 aromatic rings. The Bertz CT molecular complexity index is 1610. The third kappa shape index (κ3) is 6.93. The number of carbonyl (C=O) groups is 5. The zero-order valence-corrected chi connectivity index (χ0v) is 23.5. The van der Waals surface area contributed by atoms with Crippen LogP contribution in [-0.2, 0) is 24.0 Å². The van der Waals surface area contributed by atoms with Gasteiger partial charge in [-0.25, -0.2) is 0 Å². The maximum atomic E-state index is 13.3. The van der Waals surface area contributed by atoms with E-state index in [1.165, 1.54) is 13.0 Å². The van der Waals surface area contributed by atoms with Crippen LogP contribution < -0.4 is 16.0 Å². The van der Waals surface area contributed by atoms with Gasteiger partial charge in [0.2, 0.25) is 23.6 Å². The standard InChI is InChI=1S/C32H31N5O5/c1-18(2)29(30(40)28-19(3)31(41)37-32(28)42)36-27(39)15-25(23-14-22-6-4-5-7-24(22)34-17-23)35-26(38)13-12-20-8-10-21(16-33)11-9-20/h4-14,17-19,25,28-29H,15H2,1-3H3,(H,35,38)(H,36,39)(H,37,41,42)/b13-12+/t19-,25-,28+,29-/m0/s1. The number of nitriles is 1. The van der Waals surface area contributed by atoms with E-state index in [-0.39, 0.29) is 12.3 Å². The Morgan fingerprint density at radius 1 is 1.05 bits per heavy atom. The van der Waals surface area contributed by atoms with Crippen LogP contribution in [0.4, 0.5) is 0 Å². The first-order valence-electron chi connectivity index (χ1n) is 13.6. The highest BCUT2D eigenvalue weighted by molar-refractivity contribution is 6.16. The monoisotopic (exact) mass is 565 g/mol. The molecule has 0 saturated carbocycles. The normalized spacial score (nSPS) is 18.0. The minimum absolute atomic E-state index is 0.210. The van der Waals surface area contributed by atoms with E-state index in [0.717, 1.165) is 10.9 Å². The third-order valence-electron chi connectivity index (χ3n) is 7.23. The number of hydrogen-bond acceptors (Lipinski definition) is 7. The van der Waals surface area contributed by atoms with Gasteiger partial charge in [0.25, 0.3) is 0 Å². The Morgan fingerprint density at radius 3 is 2.40 bits per heavy atom. The number of pyridine rings is 1. The summed E-state index contributed by atoms with van der Waals surface area (Å²) in [4.78, 5) is 68.3. The second-order valence-corrected chi connectivity index (χ2v) is 10.6. The van der Waals surface area contributed by atoms with Gasteiger partial charge in [-0.2, -0.15) is 5.26 Å². The van der Waals surface area contributed by atoms with Crippen molar-refractivity contribution in [1.29, 1.82) is 5.26 Å². The number of benzene rings is 2. The summed E-state index contributed by atoms with van der Waals surface area (Å²) >= 11 is 0. The summed E-state index contributed by atoms with van der Waals surface area (Å²) < 4.78 is 0. The number of ketones is 1. The molecule has 2 aromatic carbocycles. The number of Topliss-reactive ketones (excluding diaryl/α,β-unsaturated/α-hetero) is 1. The molecule has 2 heterocycles. The first-order chi connectivity index (χ1) is 20.1. The van der Waals surface area contributed by atoms with Gasteiger partial charge in [-0.3, -0.25) is 34.3 Å². The average molecular weight is 566 g/mol. The molecule has 0 aliphatic carbocycles. The number of nitrogens with zero attached hydrogens (tertiary/aromatic N) is 2. The molecule has 0 bridgehead atoms. The number of amides is 4. The van der Waals surface area contributed by atoms with Crippen molar-refractivity contribution in [3.8, 4) is 6.07 Å². The quantitative estimate of drug-likeness (QED) is 0.194. The van der Waals surface area contributed by atoms with E-state index in [1.54, 1.807) is 50.4 Å². The first-order valence-corrected chi connectivity index (χ1v) is 13.6. The number of hydrogen-bond donors (Lipinski definition) is 3. The molecule has 1 aliphatic rings. The molecule has 0 spiro atoms. The summed E-state index contributed by atoms with van der Waals surface area (Å²) in [5.74, 6) is -5.08. The molecule has 10 heteroatoms. The fourth-order valence-corrected chi connectivity index (χ4v) is 4.84. The van der Waals surface area contributed by atoms with Gasteiger partial charge >= 0.3 is 0 Å². The highest BCUT2D eigenvalue weighted by Gasteiger charge is 2.46. The molecule has 4 amide bonds. The van der Waals surface area contributed by atoms with Crippen molar-refractivity contribution in [2.45, 2.75) is 39.3 Å². The van der Waals surface area contributed by atoms with Crippen LogP contribution in [0.3, 0.4) is 0 Å². The van der Waals surface area contributed by atoms with E-state index in [4.69, 9.17) is 5.26 Å². The number of nitrogens with one attached hydrogen (secondary N) is 3. The molecule has 42 heavy (non-hydrogen) atoms. The second-order valence-electron chi connectivity index (χ2n) is 10.6. The summed E-state index contributed by atoms with van der Waals surface area (Å²) in [6, 6.07) is 16.2. The van der Waals surface area contributed by atoms with Crippen molar-refractivity contribution in [2.75, 3.05) is 0 Å². The van der Waals surface area contributed by atoms with Gasteiger partial charge in [0.1, 0.15) is 5.92 Å². The summed E-state index contributed by atoms with van der Waals surface area (Å²) in [6.45, 7) is 4.98. The van der Waals surface area contributed by atoms with Gasteiger partial charge in [0.05, 0.1) is 41.6 Å². The Labute approximate surface area is 243 Å². The molecule has 1 aliphatic heterocycles.